The van der Waals surface area contributed by atoms with Crippen LogP contribution in [0.2, 0.25) is 0 Å². The Bertz CT molecular complexity index is 621. The lowest BCUT2D eigenvalue weighted by atomic mass is 9.76. The van der Waals surface area contributed by atoms with Crippen molar-refractivity contribution in [1.82, 2.24) is 0 Å². The maximum atomic E-state index is 14.3. The van der Waals surface area contributed by atoms with Crippen LogP contribution in [0.1, 0.15) is 31.1 Å². The molecule has 2 aromatic rings. The van der Waals surface area contributed by atoms with Crippen molar-refractivity contribution in [3.63, 3.8) is 0 Å². The predicted octanol–water partition coefficient (Wildman–Crippen LogP) is 3.98. The average Bonchev–Trinajstić information content (AvgIpc) is 2.47. The van der Waals surface area contributed by atoms with Crippen LogP contribution in [0, 0.1) is 11.6 Å². The van der Waals surface area contributed by atoms with E-state index in [0.29, 0.717) is 0 Å². The average molecular weight is 292 g/mol. The van der Waals surface area contributed by atoms with Gasteiger partial charge in [-0.1, -0.05) is 38.1 Å². The summed E-state index contributed by atoms with van der Waals surface area (Å²) in [4.78, 5) is 0. The minimum Gasteiger partial charge on any atom is -0.494 e. The molecule has 0 saturated carbocycles. The second kappa shape index (κ2) is 5.82. The molecule has 2 aromatic carbocycles. The van der Waals surface area contributed by atoms with Gasteiger partial charge >= 0.3 is 0 Å². The van der Waals surface area contributed by atoms with Crippen LogP contribution in [-0.2, 0) is 5.41 Å². The Morgan fingerprint density at radius 3 is 2.24 bits per heavy atom. The van der Waals surface area contributed by atoms with Crippen molar-refractivity contribution >= 4 is 0 Å². The Hall–Kier alpha value is -1.94. The van der Waals surface area contributed by atoms with Crippen molar-refractivity contribution < 1.29 is 18.6 Å². The summed E-state index contributed by atoms with van der Waals surface area (Å²) < 4.78 is 32.2. The molecule has 1 N–H and O–H groups in total. The standard InChI is InChI=1S/C17H18F2O2/c1-17(2,11-7-9-12(18)10-8-11)16(20)13-5-4-6-14(21-3)15(13)19/h4-10,16,20H,1-3H3. The fourth-order valence-electron chi connectivity index (χ4n) is 2.32. The quantitative estimate of drug-likeness (QED) is 0.923. The van der Waals surface area contributed by atoms with E-state index in [0.717, 1.165) is 5.56 Å². The second-order valence-electron chi connectivity index (χ2n) is 5.49. The number of methoxy groups -OCH3 is 1. The first-order chi connectivity index (χ1) is 9.87. The third kappa shape index (κ3) is 2.90. The van der Waals surface area contributed by atoms with E-state index in [9.17, 15) is 13.9 Å². The summed E-state index contributed by atoms with van der Waals surface area (Å²) >= 11 is 0. The van der Waals surface area contributed by atoms with Gasteiger partial charge in [0.2, 0.25) is 0 Å². The number of aliphatic hydroxyl groups is 1. The zero-order valence-electron chi connectivity index (χ0n) is 12.2. The molecule has 1 atom stereocenters. The molecule has 0 aliphatic carbocycles. The normalized spacial score (nSPS) is 13.0. The van der Waals surface area contributed by atoms with E-state index in [2.05, 4.69) is 0 Å². The molecule has 0 saturated heterocycles. The summed E-state index contributed by atoms with van der Waals surface area (Å²) in [5.41, 5.74) is 0.100. The molecule has 2 rings (SSSR count). The lowest BCUT2D eigenvalue weighted by Crippen LogP contribution is -2.27. The highest BCUT2D eigenvalue weighted by atomic mass is 19.1. The monoisotopic (exact) mass is 292 g/mol. The molecule has 4 heteroatoms. The molecule has 2 nitrogen and oxygen atoms in total. The maximum absolute atomic E-state index is 14.3. The molecule has 0 heterocycles. The van der Waals surface area contributed by atoms with E-state index in [1.54, 1.807) is 32.0 Å². The molecular weight excluding hydrogens is 274 g/mol. The van der Waals surface area contributed by atoms with E-state index < -0.39 is 17.3 Å². The fraction of sp³-hybridized carbons (Fsp3) is 0.294. The molecule has 0 bridgehead atoms. The Labute approximate surface area is 123 Å². The predicted molar refractivity (Wildman–Crippen MR) is 77.3 cm³/mol. The zero-order chi connectivity index (χ0) is 15.6. The lowest BCUT2D eigenvalue weighted by Gasteiger charge is -2.32. The molecule has 0 radical (unpaired) electrons. The molecule has 0 aromatic heterocycles. The lowest BCUT2D eigenvalue weighted by molar-refractivity contribution is 0.0959. The summed E-state index contributed by atoms with van der Waals surface area (Å²) in [6.07, 6.45) is -1.09. The van der Waals surface area contributed by atoms with Crippen LogP contribution in [0.25, 0.3) is 0 Å². The van der Waals surface area contributed by atoms with Crippen molar-refractivity contribution in [2.45, 2.75) is 25.4 Å². The van der Waals surface area contributed by atoms with Gasteiger partial charge in [-0.2, -0.15) is 0 Å². The van der Waals surface area contributed by atoms with E-state index in [-0.39, 0.29) is 17.1 Å². The summed E-state index contributed by atoms with van der Waals surface area (Å²) in [7, 11) is 1.37. The van der Waals surface area contributed by atoms with Crippen LogP contribution >= 0.6 is 0 Å². The van der Waals surface area contributed by atoms with E-state index >= 15 is 0 Å². The van der Waals surface area contributed by atoms with Gasteiger partial charge in [0.05, 0.1) is 13.2 Å². The third-order valence-electron chi connectivity index (χ3n) is 3.78. The highest BCUT2D eigenvalue weighted by molar-refractivity contribution is 5.36. The summed E-state index contributed by atoms with van der Waals surface area (Å²) in [6, 6.07) is 10.5. The molecule has 0 fully saturated rings. The molecule has 0 aliphatic rings. The van der Waals surface area contributed by atoms with Crippen molar-refractivity contribution in [2.24, 2.45) is 0 Å². The van der Waals surface area contributed by atoms with Crippen LogP contribution in [0.5, 0.6) is 5.75 Å². The van der Waals surface area contributed by atoms with Gasteiger partial charge in [-0.15, -0.1) is 0 Å². The minimum atomic E-state index is -1.09. The fourth-order valence-corrected chi connectivity index (χ4v) is 2.32. The van der Waals surface area contributed by atoms with Gasteiger partial charge in [0.25, 0.3) is 0 Å². The zero-order valence-corrected chi connectivity index (χ0v) is 12.2. The molecular formula is C17H18F2O2. The van der Waals surface area contributed by atoms with Crippen molar-refractivity contribution in [3.8, 4) is 5.75 Å². The Kier molecular flexibility index (Phi) is 4.28. The van der Waals surface area contributed by atoms with Gasteiger partial charge < -0.3 is 9.84 Å². The Morgan fingerprint density at radius 2 is 1.67 bits per heavy atom. The first-order valence-corrected chi connectivity index (χ1v) is 6.64. The van der Waals surface area contributed by atoms with Crippen molar-refractivity contribution in [3.05, 3.63) is 65.2 Å². The van der Waals surface area contributed by atoms with Gasteiger partial charge in [0, 0.05) is 11.0 Å². The number of benzene rings is 2. The molecule has 21 heavy (non-hydrogen) atoms. The van der Waals surface area contributed by atoms with Gasteiger partial charge in [0.15, 0.2) is 11.6 Å². The highest BCUT2D eigenvalue weighted by Crippen LogP contribution is 2.39. The smallest absolute Gasteiger partial charge is 0.170 e. The topological polar surface area (TPSA) is 29.5 Å². The van der Waals surface area contributed by atoms with Gasteiger partial charge in [-0.3, -0.25) is 0 Å². The SMILES string of the molecule is COc1cccc(C(O)C(C)(C)c2ccc(F)cc2)c1F. The number of hydrogen-bond donors (Lipinski definition) is 1. The molecule has 0 amide bonds. The number of aliphatic hydroxyl groups excluding tert-OH is 1. The summed E-state index contributed by atoms with van der Waals surface area (Å²) in [6.45, 7) is 3.56. The van der Waals surface area contributed by atoms with Gasteiger partial charge in [-0.25, -0.2) is 8.78 Å². The molecule has 1 unspecified atom stereocenters. The number of rotatable bonds is 4. The second-order valence-corrected chi connectivity index (χ2v) is 5.49. The van der Waals surface area contributed by atoms with Crippen LogP contribution in [-0.4, -0.2) is 12.2 Å². The van der Waals surface area contributed by atoms with Crippen molar-refractivity contribution in [1.29, 1.82) is 0 Å². The molecule has 112 valence electrons. The summed E-state index contributed by atoms with van der Waals surface area (Å²) in [5.74, 6) is -0.847. The van der Waals surface area contributed by atoms with Crippen LogP contribution < -0.4 is 4.74 Å². The number of halogens is 2. The minimum absolute atomic E-state index is 0.0847. The van der Waals surface area contributed by atoms with Crippen LogP contribution in [0.15, 0.2) is 42.5 Å². The van der Waals surface area contributed by atoms with Crippen molar-refractivity contribution in [2.75, 3.05) is 7.11 Å². The molecule has 0 aliphatic heterocycles. The first kappa shape index (κ1) is 15.4. The van der Waals surface area contributed by atoms with E-state index in [1.807, 2.05) is 0 Å². The highest BCUT2D eigenvalue weighted by Gasteiger charge is 2.33. The van der Waals surface area contributed by atoms with Crippen LogP contribution in [0.3, 0.4) is 0 Å². The van der Waals surface area contributed by atoms with Gasteiger partial charge in [0.1, 0.15) is 5.82 Å². The Balaban J connectivity index is 2.42. The first-order valence-electron chi connectivity index (χ1n) is 6.64. The van der Waals surface area contributed by atoms with Gasteiger partial charge in [-0.05, 0) is 23.8 Å². The molecule has 0 spiro atoms. The number of ether oxygens (including phenoxy) is 1. The largest absolute Gasteiger partial charge is 0.494 e. The van der Waals surface area contributed by atoms with E-state index in [4.69, 9.17) is 4.74 Å². The summed E-state index contributed by atoms with van der Waals surface area (Å²) in [5, 5.41) is 10.6. The van der Waals surface area contributed by atoms with E-state index in [1.165, 1.54) is 31.4 Å². The Morgan fingerprint density at radius 1 is 1.05 bits per heavy atom. The maximum Gasteiger partial charge on any atom is 0.170 e. The third-order valence-corrected chi connectivity index (χ3v) is 3.78. The number of hydrogen-bond acceptors (Lipinski definition) is 2. The van der Waals surface area contributed by atoms with Crippen LogP contribution in [0.4, 0.5) is 8.78 Å².